The summed E-state index contributed by atoms with van der Waals surface area (Å²) in [6.07, 6.45) is 1.76. The maximum absolute atomic E-state index is 13.2. The predicted octanol–water partition coefficient (Wildman–Crippen LogP) is 3.37. The number of hydrogen-bond donors (Lipinski definition) is 0. The highest BCUT2D eigenvalue weighted by Gasteiger charge is 2.29. The third kappa shape index (κ3) is 4.48. The number of carbonyl (C=O) groups is 1. The molecular weight excluding hydrogens is 450 g/mol. The summed E-state index contributed by atoms with van der Waals surface area (Å²) in [5.74, 6) is 1.72. The molecule has 8 nitrogen and oxygen atoms in total. The van der Waals surface area contributed by atoms with Crippen LogP contribution in [-0.4, -0.2) is 68.3 Å². The van der Waals surface area contributed by atoms with Gasteiger partial charge in [-0.2, -0.15) is 4.31 Å². The normalized spacial score (nSPS) is 18.3. The first-order valence-electron chi connectivity index (χ1n) is 10.3. The molecule has 0 aromatic heterocycles. The van der Waals surface area contributed by atoms with Gasteiger partial charge in [-0.05, 0) is 49.2 Å². The Morgan fingerprint density at radius 2 is 1.72 bits per heavy atom. The first kappa shape index (κ1) is 22.6. The molecule has 1 amide bonds. The Morgan fingerprint density at radius 1 is 1.00 bits per heavy atom. The van der Waals surface area contributed by atoms with Crippen LogP contribution >= 0.6 is 11.8 Å². The third-order valence-electron chi connectivity index (χ3n) is 5.43. The Bertz CT molecular complexity index is 1130. The molecule has 2 aliphatic heterocycles. The highest BCUT2D eigenvalue weighted by molar-refractivity contribution is 8.14. The van der Waals surface area contributed by atoms with Crippen LogP contribution < -0.4 is 9.47 Å². The molecule has 0 spiro atoms. The zero-order valence-corrected chi connectivity index (χ0v) is 19.6. The Hall–Kier alpha value is -2.56. The number of thioether (sulfide) groups is 1. The Balaban J connectivity index is 1.57. The van der Waals surface area contributed by atoms with Gasteiger partial charge in [-0.1, -0.05) is 11.8 Å². The van der Waals surface area contributed by atoms with Gasteiger partial charge < -0.3 is 9.47 Å². The summed E-state index contributed by atoms with van der Waals surface area (Å²) >= 11 is 1.48. The number of aliphatic imine (C=N–C) groups is 1. The number of rotatable bonds is 6. The number of amidine groups is 1. The lowest BCUT2D eigenvalue weighted by Gasteiger charge is -2.18. The van der Waals surface area contributed by atoms with Crippen molar-refractivity contribution in [3.63, 3.8) is 0 Å². The smallest absolute Gasteiger partial charge is 0.259 e. The molecule has 0 atom stereocenters. The van der Waals surface area contributed by atoms with Crippen molar-refractivity contribution in [3.05, 3.63) is 48.0 Å². The van der Waals surface area contributed by atoms with Crippen molar-refractivity contribution < 1.29 is 22.7 Å². The molecular formula is C22H25N3O5S2. The second-order valence-electron chi connectivity index (χ2n) is 7.37. The molecule has 0 saturated carbocycles. The fourth-order valence-corrected chi connectivity index (χ4v) is 6.14. The van der Waals surface area contributed by atoms with Crippen molar-refractivity contribution in [2.24, 2.45) is 4.99 Å². The number of hydrogen-bond acceptors (Lipinski definition) is 7. The number of ether oxygens (including phenoxy) is 2. The maximum atomic E-state index is 13.2. The minimum atomic E-state index is -3.51. The predicted molar refractivity (Wildman–Crippen MR) is 125 cm³/mol. The van der Waals surface area contributed by atoms with E-state index in [4.69, 9.17) is 9.47 Å². The van der Waals surface area contributed by atoms with Crippen LogP contribution in [0.5, 0.6) is 11.5 Å². The Morgan fingerprint density at radius 3 is 2.38 bits per heavy atom. The average molecular weight is 476 g/mol. The Kier molecular flexibility index (Phi) is 6.73. The summed E-state index contributed by atoms with van der Waals surface area (Å²) < 4.78 is 37.6. The number of methoxy groups -OCH3 is 2. The molecule has 4 rings (SSSR count). The molecule has 0 radical (unpaired) electrons. The minimum Gasteiger partial charge on any atom is -0.497 e. The molecule has 2 aromatic carbocycles. The Labute approximate surface area is 192 Å². The van der Waals surface area contributed by atoms with Gasteiger partial charge in [0, 0.05) is 37.0 Å². The van der Waals surface area contributed by atoms with E-state index in [-0.39, 0.29) is 10.8 Å². The summed E-state index contributed by atoms with van der Waals surface area (Å²) in [6, 6.07) is 11.5. The molecule has 2 aliphatic rings. The van der Waals surface area contributed by atoms with E-state index < -0.39 is 10.0 Å². The fourth-order valence-electron chi connectivity index (χ4n) is 3.67. The van der Waals surface area contributed by atoms with Gasteiger partial charge in [-0.3, -0.25) is 9.69 Å². The molecule has 0 N–H and O–H groups in total. The van der Waals surface area contributed by atoms with E-state index in [1.165, 1.54) is 28.2 Å². The average Bonchev–Trinajstić information content (AvgIpc) is 3.51. The minimum absolute atomic E-state index is 0.210. The highest BCUT2D eigenvalue weighted by Crippen LogP contribution is 2.34. The van der Waals surface area contributed by atoms with Crippen molar-refractivity contribution >= 4 is 38.5 Å². The van der Waals surface area contributed by atoms with E-state index in [1.807, 2.05) is 0 Å². The topological polar surface area (TPSA) is 88.5 Å². The number of sulfonamides is 1. The second-order valence-corrected chi connectivity index (χ2v) is 10.4. The zero-order chi connectivity index (χ0) is 22.7. The summed E-state index contributed by atoms with van der Waals surface area (Å²) in [5.41, 5.74) is 0.985. The SMILES string of the molecule is COc1ccc(OC)c(N=C2SCCN2C(=O)c2ccc(S(=O)(=O)N3CCCC3)cc2)c1. The van der Waals surface area contributed by atoms with Gasteiger partial charge in [0.05, 0.1) is 19.1 Å². The van der Waals surface area contributed by atoms with Gasteiger partial charge in [0.25, 0.3) is 5.91 Å². The molecule has 10 heteroatoms. The van der Waals surface area contributed by atoms with E-state index in [2.05, 4.69) is 4.99 Å². The van der Waals surface area contributed by atoms with Gasteiger partial charge in [0.2, 0.25) is 10.0 Å². The van der Waals surface area contributed by atoms with E-state index in [0.29, 0.717) is 47.6 Å². The van der Waals surface area contributed by atoms with E-state index in [9.17, 15) is 13.2 Å². The van der Waals surface area contributed by atoms with Crippen LogP contribution in [0.4, 0.5) is 5.69 Å². The number of benzene rings is 2. The van der Waals surface area contributed by atoms with Gasteiger partial charge in [0.1, 0.15) is 17.2 Å². The van der Waals surface area contributed by atoms with Crippen LogP contribution in [0.25, 0.3) is 0 Å². The van der Waals surface area contributed by atoms with Crippen LogP contribution in [0, 0.1) is 0 Å². The summed E-state index contributed by atoms with van der Waals surface area (Å²) in [4.78, 5) is 19.6. The van der Waals surface area contributed by atoms with Gasteiger partial charge >= 0.3 is 0 Å². The number of carbonyl (C=O) groups excluding carboxylic acids is 1. The van der Waals surface area contributed by atoms with Crippen molar-refractivity contribution in [1.29, 1.82) is 0 Å². The van der Waals surface area contributed by atoms with E-state index >= 15 is 0 Å². The number of amides is 1. The first-order chi connectivity index (χ1) is 15.4. The first-order valence-corrected chi connectivity index (χ1v) is 12.7. The van der Waals surface area contributed by atoms with Crippen LogP contribution in [0.3, 0.4) is 0 Å². The van der Waals surface area contributed by atoms with Crippen LogP contribution in [-0.2, 0) is 10.0 Å². The lowest BCUT2D eigenvalue weighted by Crippen LogP contribution is -2.32. The van der Waals surface area contributed by atoms with Crippen molar-refractivity contribution in [1.82, 2.24) is 9.21 Å². The van der Waals surface area contributed by atoms with Crippen LogP contribution in [0.15, 0.2) is 52.4 Å². The van der Waals surface area contributed by atoms with E-state index in [0.717, 1.165) is 18.6 Å². The molecule has 2 fully saturated rings. The van der Waals surface area contributed by atoms with E-state index in [1.54, 1.807) is 49.5 Å². The quantitative estimate of drug-likeness (QED) is 0.637. The van der Waals surface area contributed by atoms with Crippen molar-refractivity contribution in [2.75, 3.05) is 39.6 Å². The highest BCUT2D eigenvalue weighted by atomic mass is 32.2. The number of nitrogens with zero attached hydrogens (tertiary/aromatic N) is 3. The summed E-state index contributed by atoms with van der Waals surface area (Å²) in [6.45, 7) is 1.60. The van der Waals surface area contributed by atoms with Crippen LogP contribution in [0.2, 0.25) is 0 Å². The summed E-state index contributed by atoms with van der Waals surface area (Å²) in [7, 11) is -0.372. The lowest BCUT2D eigenvalue weighted by molar-refractivity contribution is 0.0859. The largest absolute Gasteiger partial charge is 0.497 e. The fraction of sp³-hybridized carbons (Fsp3) is 0.364. The zero-order valence-electron chi connectivity index (χ0n) is 18.0. The molecule has 2 heterocycles. The third-order valence-corrected chi connectivity index (χ3v) is 8.30. The lowest BCUT2D eigenvalue weighted by atomic mass is 10.2. The molecule has 2 saturated heterocycles. The molecule has 32 heavy (non-hydrogen) atoms. The maximum Gasteiger partial charge on any atom is 0.259 e. The molecule has 0 bridgehead atoms. The van der Waals surface area contributed by atoms with Crippen molar-refractivity contribution in [3.8, 4) is 11.5 Å². The summed E-state index contributed by atoms with van der Waals surface area (Å²) in [5, 5.41) is 0.565. The second kappa shape index (κ2) is 9.51. The molecule has 2 aromatic rings. The molecule has 0 aliphatic carbocycles. The van der Waals surface area contributed by atoms with Gasteiger partial charge in [-0.25, -0.2) is 13.4 Å². The van der Waals surface area contributed by atoms with Crippen molar-refractivity contribution in [2.45, 2.75) is 17.7 Å². The standard InChI is InChI=1S/C22H25N3O5S2/c1-29-17-7-10-20(30-2)19(15-17)23-22-25(13-14-31-22)21(26)16-5-8-18(9-6-16)32(27,28)24-11-3-4-12-24/h5-10,15H,3-4,11-14H2,1-2H3. The van der Waals surface area contributed by atoms with Gasteiger partial charge in [-0.15, -0.1) is 0 Å². The van der Waals surface area contributed by atoms with Crippen LogP contribution in [0.1, 0.15) is 23.2 Å². The molecule has 170 valence electrons. The van der Waals surface area contributed by atoms with Gasteiger partial charge in [0.15, 0.2) is 5.17 Å². The molecule has 0 unspecified atom stereocenters. The monoisotopic (exact) mass is 475 g/mol.